The molecule has 1 aromatic rings. The molecule has 6 fully saturated rings. The van der Waals surface area contributed by atoms with Crippen LogP contribution >= 0.6 is 11.6 Å². The Morgan fingerprint density at radius 2 is 1.54 bits per heavy atom. The van der Waals surface area contributed by atoms with Crippen LogP contribution in [0.2, 0.25) is 5.02 Å². The standard InChI is InChI=1S/C39H58ClN5O5/c1-39(2)14-10-30(11-15-39)45(38(48)35-5-4-20-50-35)31-23-34(37(47)42-18-16-41(3)17-19-42)44(24-31)36(46)33-26-43(29-12-21-49-22-13-29)25-32(33)27-6-8-28(40)9-7-27/h6-9,29-35H,4-5,10-26H2,1-3H3/t31?,32-,33+,34-,35-/m0/s1. The molecular formula is C39H58ClN5O5. The van der Waals surface area contributed by atoms with Gasteiger partial charge in [0.25, 0.3) is 5.91 Å². The Labute approximate surface area is 303 Å². The minimum Gasteiger partial charge on any atom is -0.381 e. The minimum absolute atomic E-state index is 0.00810. The van der Waals surface area contributed by atoms with E-state index in [1.54, 1.807) is 0 Å². The van der Waals surface area contributed by atoms with Crippen LogP contribution in [-0.2, 0) is 23.9 Å². The number of carbonyl (C=O) groups excluding carboxylic acids is 3. The predicted octanol–water partition coefficient (Wildman–Crippen LogP) is 4.25. The fourth-order valence-electron chi connectivity index (χ4n) is 9.68. The highest BCUT2D eigenvalue weighted by molar-refractivity contribution is 6.30. The van der Waals surface area contributed by atoms with E-state index in [2.05, 4.69) is 47.7 Å². The smallest absolute Gasteiger partial charge is 0.252 e. The van der Waals surface area contributed by atoms with Crippen molar-refractivity contribution >= 4 is 29.3 Å². The molecule has 276 valence electrons. The van der Waals surface area contributed by atoms with Crippen LogP contribution in [0.4, 0.5) is 0 Å². The Balaban J connectivity index is 1.20. The summed E-state index contributed by atoms with van der Waals surface area (Å²) < 4.78 is 11.7. The number of nitrogens with zero attached hydrogens (tertiary/aromatic N) is 5. The van der Waals surface area contributed by atoms with Crippen LogP contribution in [0.3, 0.4) is 0 Å². The molecule has 5 atom stereocenters. The lowest BCUT2D eigenvalue weighted by molar-refractivity contribution is -0.148. The van der Waals surface area contributed by atoms with Crippen LogP contribution in [0.5, 0.6) is 0 Å². The van der Waals surface area contributed by atoms with Gasteiger partial charge in [0.05, 0.1) is 12.0 Å². The molecule has 0 N–H and O–H groups in total. The largest absolute Gasteiger partial charge is 0.381 e. The fraction of sp³-hybridized carbons (Fsp3) is 0.769. The first-order valence-electron chi connectivity index (χ1n) is 19.4. The molecule has 0 spiro atoms. The van der Waals surface area contributed by atoms with Gasteiger partial charge in [-0.3, -0.25) is 19.3 Å². The van der Waals surface area contributed by atoms with Gasteiger partial charge >= 0.3 is 0 Å². The molecule has 1 unspecified atom stereocenters. The van der Waals surface area contributed by atoms with Gasteiger partial charge in [-0.1, -0.05) is 37.6 Å². The number of halogens is 1. The number of likely N-dealkylation sites (N-methyl/N-ethyl adjacent to an activating group) is 1. The number of amides is 3. The van der Waals surface area contributed by atoms with Gasteiger partial charge in [-0.05, 0) is 87.9 Å². The lowest BCUT2D eigenvalue weighted by Crippen LogP contribution is -2.54. The van der Waals surface area contributed by atoms with E-state index in [1.807, 2.05) is 21.9 Å². The lowest BCUT2D eigenvalue weighted by Gasteiger charge is -2.43. The predicted molar refractivity (Wildman–Crippen MR) is 193 cm³/mol. The van der Waals surface area contributed by atoms with Crippen LogP contribution in [0.15, 0.2) is 24.3 Å². The van der Waals surface area contributed by atoms with Crippen molar-refractivity contribution in [2.45, 2.75) is 108 Å². The van der Waals surface area contributed by atoms with Gasteiger partial charge in [0.2, 0.25) is 11.8 Å². The Morgan fingerprint density at radius 1 is 0.840 bits per heavy atom. The van der Waals surface area contributed by atoms with Crippen molar-refractivity contribution in [3.63, 3.8) is 0 Å². The van der Waals surface area contributed by atoms with Gasteiger partial charge in [0.15, 0.2) is 0 Å². The summed E-state index contributed by atoms with van der Waals surface area (Å²) in [5.74, 6) is -0.165. The van der Waals surface area contributed by atoms with E-state index in [4.69, 9.17) is 21.1 Å². The van der Waals surface area contributed by atoms with Crippen molar-refractivity contribution in [2.75, 3.05) is 72.7 Å². The molecule has 6 aliphatic rings. The molecular weight excluding hydrogens is 654 g/mol. The van der Waals surface area contributed by atoms with Crippen molar-refractivity contribution in [3.8, 4) is 0 Å². The third kappa shape index (κ3) is 7.75. The number of rotatable bonds is 7. The average Bonchev–Trinajstić information content (AvgIpc) is 3.91. The zero-order valence-electron chi connectivity index (χ0n) is 30.4. The first-order valence-corrected chi connectivity index (χ1v) is 19.7. The Hall–Kier alpha value is -2.24. The molecule has 50 heavy (non-hydrogen) atoms. The number of hydrogen-bond acceptors (Lipinski definition) is 7. The minimum atomic E-state index is -0.585. The summed E-state index contributed by atoms with van der Waals surface area (Å²) in [4.78, 5) is 54.8. The quantitative estimate of drug-likeness (QED) is 0.418. The molecule has 7 rings (SSSR count). The molecule has 3 amide bonds. The summed E-state index contributed by atoms with van der Waals surface area (Å²) in [6, 6.07) is 7.63. The molecule has 11 heteroatoms. The van der Waals surface area contributed by atoms with Crippen molar-refractivity contribution in [1.29, 1.82) is 0 Å². The summed E-state index contributed by atoms with van der Waals surface area (Å²) in [7, 11) is 2.09. The summed E-state index contributed by atoms with van der Waals surface area (Å²) in [5.41, 5.74) is 1.36. The number of benzene rings is 1. The monoisotopic (exact) mass is 711 g/mol. The summed E-state index contributed by atoms with van der Waals surface area (Å²) in [6.07, 6.45) is 7.58. The second kappa shape index (κ2) is 15.4. The number of piperazine rings is 1. The molecule has 0 aromatic heterocycles. The first kappa shape index (κ1) is 36.1. The maximum Gasteiger partial charge on any atom is 0.252 e. The van der Waals surface area contributed by atoms with E-state index in [-0.39, 0.29) is 47.1 Å². The molecule has 5 aliphatic heterocycles. The molecule has 0 radical (unpaired) electrons. The van der Waals surface area contributed by atoms with E-state index in [0.717, 1.165) is 89.8 Å². The van der Waals surface area contributed by atoms with E-state index in [0.29, 0.717) is 50.3 Å². The number of likely N-dealkylation sites (tertiary alicyclic amines) is 2. The van der Waals surface area contributed by atoms with Crippen LogP contribution in [0.25, 0.3) is 0 Å². The highest BCUT2D eigenvalue weighted by Crippen LogP contribution is 2.42. The van der Waals surface area contributed by atoms with Gasteiger partial charge in [0.1, 0.15) is 12.1 Å². The molecule has 5 heterocycles. The van der Waals surface area contributed by atoms with Crippen molar-refractivity contribution < 1.29 is 23.9 Å². The second-order valence-corrected chi connectivity index (χ2v) is 17.2. The van der Waals surface area contributed by atoms with E-state index >= 15 is 4.79 Å². The number of hydrogen-bond donors (Lipinski definition) is 0. The number of ether oxygens (including phenoxy) is 2. The molecule has 10 nitrogen and oxygen atoms in total. The van der Waals surface area contributed by atoms with E-state index < -0.39 is 12.1 Å². The summed E-state index contributed by atoms with van der Waals surface area (Å²) in [5, 5.41) is 0.679. The van der Waals surface area contributed by atoms with Gasteiger partial charge < -0.3 is 29.1 Å². The van der Waals surface area contributed by atoms with Crippen LogP contribution in [0, 0.1) is 11.3 Å². The van der Waals surface area contributed by atoms with Crippen molar-refractivity contribution in [3.05, 3.63) is 34.9 Å². The van der Waals surface area contributed by atoms with Crippen molar-refractivity contribution in [1.82, 2.24) is 24.5 Å². The first-order chi connectivity index (χ1) is 24.1. The van der Waals surface area contributed by atoms with Crippen LogP contribution < -0.4 is 0 Å². The van der Waals surface area contributed by atoms with Crippen molar-refractivity contribution in [2.24, 2.45) is 11.3 Å². The van der Waals surface area contributed by atoms with Gasteiger partial charge in [0, 0.05) is 88.7 Å². The molecule has 1 saturated carbocycles. The van der Waals surface area contributed by atoms with Gasteiger partial charge in [-0.15, -0.1) is 0 Å². The van der Waals surface area contributed by atoms with E-state index in [1.165, 1.54) is 0 Å². The zero-order valence-corrected chi connectivity index (χ0v) is 31.2. The maximum atomic E-state index is 15.2. The van der Waals surface area contributed by atoms with Gasteiger partial charge in [-0.25, -0.2) is 0 Å². The Bertz CT molecular complexity index is 1350. The average molecular weight is 712 g/mol. The number of carbonyl (C=O) groups is 3. The maximum absolute atomic E-state index is 15.2. The highest BCUT2D eigenvalue weighted by Gasteiger charge is 2.51. The topological polar surface area (TPSA) is 85.9 Å². The SMILES string of the molecule is CN1CCN(C(=O)[C@@H]2CC(N(C(=O)[C@@H]3CCCO3)C3CCC(C)(C)CC3)CN2C(=O)[C@@H]2CN(C3CCOCC3)C[C@H]2c2ccc(Cl)cc2)CC1. The van der Waals surface area contributed by atoms with Crippen LogP contribution in [0.1, 0.15) is 83.1 Å². The lowest BCUT2D eigenvalue weighted by atomic mass is 9.75. The summed E-state index contributed by atoms with van der Waals surface area (Å²) in [6.45, 7) is 11.5. The molecule has 5 saturated heterocycles. The normalized spacial score (nSPS) is 31.7. The summed E-state index contributed by atoms with van der Waals surface area (Å²) >= 11 is 6.32. The second-order valence-electron chi connectivity index (χ2n) is 16.7. The third-order valence-corrected chi connectivity index (χ3v) is 13.1. The van der Waals surface area contributed by atoms with Gasteiger partial charge in [-0.2, -0.15) is 0 Å². The molecule has 1 aliphatic carbocycles. The zero-order chi connectivity index (χ0) is 35.0. The highest BCUT2D eigenvalue weighted by atomic mass is 35.5. The Morgan fingerprint density at radius 3 is 2.20 bits per heavy atom. The Kier molecular flexibility index (Phi) is 11.1. The van der Waals surface area contributed by atoms with E-state index in [9.17, 15) is 9.59 Å². The van der Waals surface area contributed by atoms with Crippen LogP contribution in [-0.4, -0.2) is 145 Å². The third-order valence-electron chi connectivity index (χ3n) is 12.9. The molecule has 1 aromatic carbocycles. The molecule has 0 bridgehead atoms. The fourth-order valence-corrected chi connectivity index (χ4v) is 9.81.